The van der Waals surface area contributed by atoms with Crippen molar-refractivity contribution in [1.82, 2.24) is 0 Å². The summed E-state index contributed by atoms with van der Waals surface area (Å²) in [6, 6.07) is 0. The largest absolute Gasteiger partial charge is 0.396 e. The molecule has 3 N–H and O–H groups in total. The highest BCUT2D eigenvalue weighted by Gasteiger charge is 2.65. The molecule has 0 amide bonds. The van der Waals surface area contributed by atoms with Crippen LogP contribution in [0.15, 0.2) is 11.6 Å². The smallest absolute Gasteiger partial charge is 0.0757 e. The maximum absolute atomic E-state index is 11.4. The van der Waals surface area contributed by atoms with Crippen LogP contribution < -0.4 is 0 Å². The molecule has 4 aliphatic carbocycles. The van der Waals surface area contributed by atoms with Gasteiger partial charge in [0.25, 0.3) is 0 Å². The maximum Gasteiger partial charge on any atom is 0.0757 e. The molecule has 0 aromatic carbocycles. The first-order valence-corrected chi connectivity index (χ1v) is 14.0. The molecule has 0 spiro atoms. The van der Waals surface area contributed by atoms with Crippen molar-refractivity contribution in [1.29, 1.82) is 0 Å². The fourth-order valence-electron chi connectivity index (χ4n) is 8.55. The van der Waals surface area contributed by atoms with Crippen LogP contribution in [0.3, 0.4) is 0 Å². The minimum atomic E-state index is -0.345. The first kappa shape index (κ1) is 24.5. The second-order valence-electron chi connectivity index (χ2n) is 12.3. The second-order valence-corrected chi connectivity index (χ2v) is 14.2. The highest BCUT2D eigenvalue weighted by molar-refractivity contribution is 14.1. The van der Waals surface area contributed by atoms with Gasteiger partial charge in [-0.05, 0) is 98.2 Å². The van der Waals surface area contributed by atoms with Gasteiger partial charge >= 0.3 is 0 Å². The van der Waals surface area contributed by atoms with E-state index in [1.807, 2.05) is 0 Å². The lowest BCUT2D eigenvalue weighted by atomic mass is 9.46. The Morgan fingerprint density at radius 3 is 2.45 bits per heavy atom. The molecule has 0 saturated heterocycles. The number of fused-ring (bicyclic) bond motifs is 5. The van der Waals surface area contributed by atoms with Crippen LogP contribution in [-0.4, -0.2) is 37.6 Å². The SMILES string of the molecule is C[C@@H](CO)CCC[C@@H](C)[C@@]1(I)CC[C@H]2[C@@H]3[C@H](O)C=C4C[C@@H](O)CC[C@]4(C)[C@H]3CC[C@@]21C. The summed E-state index contributed by atoms with van der Waals surface area (Å²) >= 11 is 2.84. The second kappa shape index (κ2) is 8.85. The van der Waals surface area contributed by atoms with Crippen LogP contribution in [0.4, 0.5) is 0 Å². The van der Waals surface area contributed by atoms with Crippen LogP contribution in [0.5, 0.6) is 0 Å². The molecule has 3 fully saturated rings. The Morgan fingerprint density at radius 2 is 1.74 bits per heavy atom. The quantitative estimate of drug-likeness (QED) is 0.222. The van der Waals surface area contributed by atoms with Crippen molar-refractivity contribution >= 4 is 22.6 Å². The van der Waals surface area contributed by atoms with Crippen LogP contribution in [0.2, 0.25) is 0 Å². The number of aliphatic hydroxyl groups is 3. The van der Waals surface area contributed by atoms with Gasteiger partial charge in [-0.1, -0.05) is 68.4 Å². The zero-order valence-corrected chi connectivity index (χ0v) is 22.3. The number of halogens is 1. The van der Waals surface area contributed by atoms with E-state index in [9.17, 15) is 15.3 Å². The fraction of sp³-hybridized carbons (Fsp3) is 0.926. The Morgan fingerprint density at radius 1 is 1.03 bits per heavy atom. The number of aliphatic hydroxyl groups excluding tert-OH is 3. The van der Waals surface area contributed by atoms with Crippen molar-refractivity contribution in [2.45, 2.75) is 108 Å². The lowest BCUT2D eigenvalue weighted by Crippen LogP contribution is -2.57. The van der Waals surface area contributed by atoms with Crippen LogP contribution in [0.1, 0.15) is 91.9 Å². The minimum Gasteiger partial charge on any atom is -0.396 e. The fourth-order valence-corrected chi connectivity index (χ4v) is 9.85. The summed E-state index contributed by atoms with van der Waals surface area (Å²) in [6.07, 6.45) is 12.9. The van der Waals surface area contributed by atoms with E-state index in [1.165, 1.54) is 44.1 Å². The molecule has 4 aliphatic rings. The predicted molar refractivity (Wildman–Crippen MR) is 135 cm³/mol. The Kier molecular flexibility index (Phi) is 6.99. The van der Waals surface area contributed by atoms with E-state index in [1.54, 1.807) is 0 Å². The summed E-state index contributed by atoms with van der Waals surface area (Å²) in [5, 5.41) is 31.0. The van der Waals surface area contributed by atoms with Crippen molar-refractivity contribution in [3.05, 3.63) is 11.6 Å². The topological polar surface area (TPSA) is 60.7 Å². The molecule has 10 atom stereocenters. The van der Waals surface area contributed by atoms with E-state index in [2.05, 4.69) is 56.4 Å². The van der Waals surface area contributed by atoms with E-state index in [4.69, 9.17) is 0 Å². The summed E-state index contributed by atoms with van der Waals surface area (Å²) < 4.78 is 0.302. The number of alkyl halides is 1. The van der Waals surface area contributed by atoms with E-state index in [0.717, 1.165) is 25.7 Å². The maximum atomic E-state index is 11.4. The van der Waals surface area contributed by atoms with Crippen LogP contribution in [-0.2, 0) is 0 Å². The summed E-state index contributed by atoms with van der Waals surface area (Å²) in [6.45, 7) is 9.91. The Bertz CT molecular complexity index is 694. The highest BCUT2D eigenvalue weighted by Crippen LogP contribution is 2.70. The number of hydrogen-bond donors (Lipinski definition) is 3. The van der Waals surface area contributed by atoms with Gasteiger partial charge in [-0.15, -0.1) is 0 Å². The average Bonchev–Trinajstić information content (AvgIpc) is 3.01. The molecule has 0 aliphatic heterocycles. The summed E-state index contributed by atoms with van der Waals surface area (Å²) in [5.41, 5.74) is 1.80. The summed E-state index contributed by atoms with van der Waals surface area (Å²) in [5.74, 6) is 2.61. The van der Waals surface area contributed by atoms with E-state index < -0.39 is 0 Å². The van der Waals surface area contributed by atoms with Gasteiger partial charge in [-0.3, -0.25) is 0 Å². The third-order valence-corrected chi connectivity index (χ3v) is 13.5. The van der Waals surface area contributed by atoms with Gasteiger partial charge in [-0.25, -0.2) is 0 Å². The van der Waals surface area contributed by atoms with E-state index in [0.29, 0.717) is 39.6 Å². The highest BCUT2D eigenvalue weighted by atomic mass is 127. The lowest BCUT2D eigenvalue weighted by Gasteiger charge is -2.60. The monoisotopic (exact) mass is 544 g/mol. The molecule has 0 unspecified atom stereocenters. The molecule has 0 aromatic heterocycles. The molecule has 0 bridgehead atoms. The van der Waals surface area contributed by atoms with Crippen LogP contribution >= 0.6 is 22.6 Å². The molecule has 4 rings (SSSR count). The van der Waals surface area contributed by atoms with Crippen LogP contribution in [0, 0.1) is 40.4 Å². The van der Waals surface area contributed by atoms with E-state index in [-0.39, 0.29) is 23.0 Å². The van der Waals surface area contributed by atoms with Crippen molar-refractivity contribution < 1.29 is 15.3 Å². The Balaban J connectivity index is 1.55. The Labute approximate surface area is 203 Å². The Hall–Kier alpha value is 0.350. The average molecular weight is 545 g/mol. The van der Waals surface area contributed by atoms with Crippen LogP contribution in [0.25, 0.3) is 0 Å². The molecule has 0 aromatic rings. The van der Waals surface area contributed by atoms with Gasteiger partial charge in [0.1, 0.15) is 0 Å². The van der Waals surface area contributed by atoms with Gasteiger partial charge in [0.05, 0.1) is 12.2 Å². The van der Waals surface area contributed by atoms with Gasteiger partial charge in [0.15, 0.2) is 0 Å². The first-order chi connectivity index (χ1) is 14.6. The zero-order valence-electron chi connectivity index (χ0n) is 20.1. The normalized spacial score (nSPS) is 48.9. The molecule has 3 saturated carbocycles. The van der Waals surface area contributed by atoms with Gasteiger partial charge in [0, 0.05) is 10.0 Å². The molecular formula is C27H45IO3. The third kappa shape index (κ3) is 3.87. The first-order valence-electron chi connectivity index (χ1n) is 12.9. The molecule has 3 nitrogen and oxygen atoms in total. The van der Waals surface area contributed by atoms with Gasteiger partial charge < -0.3 is 15.3 Å². The van der Waals surface area contributed by atoms with E-state index >= 15 is 0 Å². The third-order valence-electron chi connectivity index (χ3n) is 10.7. The predicted octanol–water partition coefficient (Wildman–Crippen LogP) is 5.89. The zero-order chi connectivity index (χ0) is 22.6. The molecule has 0 heterocycles. The molecule has 0 radical (unpaired) electrons. The molecule has 178 valence electrons. The standard InChI is InChI=1S/C27H45IO3/c1-17(16-29)6-5-7-18(2)27(28)13-10-22-24-21(9-12-26(22,27)4)25(3)11-8-20(30)14-19(25)15-23(24)31/h15,17-18,20-24,29-31H,5-14,16H2,1-4H3/t17-,18-,20+,21+,22+,23-,24-,25+,26+,27+/m1/s1. The van der Waals surface area contributed by atoms with Gasteiger partial charge in [0.2, 0.25) is 0 Å². The summed E-state index contributed by atoms with van der Waals surface area (Å²) in [7, 11) is 0. The van der Waals surface area contributed by atoms with Crippen molar-refractivity contribution in [3.8, 4) is 0 Å². The minimum absolute atomic E-state index is 0.174. The molecular weight excluding hydrogens is 499 g/mol. The van der Waals surface area contributed by atoms with Gasteiger partial charge in [-0.2, -0.15) is 0 Å². The molecule has 4 heteroatoms. The molecule has 31 heavy (non-hydrogen) atoms. The number of rotatable bonds is 6. The summed E-state index contributed by atoms with van der Waals surface area (Å²) in [4.78, 5) is 0. The van der Waals surface area contributed by atoms with Crippen molar-refractivity contribution in [3.63, 3.8) is 0 Å². The van der Waals surface area contributed by atoms with Crippen molar-refractivity contribution in [2.75, 3.05) is 6.61 Å². The van der Waals surface area contributed by atoms with Crippen molar-refractivity contribution in [2.24, 2.45) is 40.4 Å². The number of hydrogen-bond acceptors (Lipinski definition) is 3. The lowest BCUT2D eigenvalue weighted by molar-refractivity contribution is -0.0903.